The highest BCUT2D eigenvalue weighted by atomic mass is 16.2. The molecule has 1 heterocycles. The number of carbonyl (C=O) groups is 1. The van der Waals surface area contributed by atoms with Gasteiger partial charge in [-0.05, 0) is 23.8 Å². The topological polar surface area (TPSA) is 47.9 Å². The van der Waals surface area contributed by atoms with E-state index in [0.717, 1.165) is 25.5 Å². The minimum atomic E-state index is 0.00474. The van der Waals surface area contributed by atoms with Crippen LogP contribution in [0.15, 0.2) is 48.0 Å². The first-order chi connectivity index (χ1) is 12.0. The third-order valence-corrected chi connectivity index (χ3v) is 4.70. The zero-order chi connectivity index (χ0) is 18.2. The first-order valence-corrected chi connectivity index (χ1v) is 8.92. The van der Waals surface area contributed by atoms with Crippen molar-refractivity contribution < 1.29 is 4.79 Å². The molecular formula is C20H30N4O. The molecule has 2 unspecified atom stereocenters. The van der Waals surface area contributed by atoms with Gasteiger partial charge < -0.3 is 15.1 Å². The summed E-state index contributed by atoms with van der Waals surface area (Å²) in [5.74, 6) is 1.90. The first kappa shape index (κ1) is 19.0. The molecule has 1 aromatic carbocycles. The van der Waals surface area contributed by atoms with E-state index in [1.54, 1.807) is 19.0 Å². The van der Waals surface area contributed by atoms with Gasteiger partial charge in [0.25, 0.3) is 0 Å². The van der Waals surface area contributed by atoms with Crippen molar-refractivity contribution in [1.29, 1.82) is 0 Å². The second kappa shape index (κ2) is 9.25. The monoisotopic (exact) mass is 342 g/mol. The van der Waals surface area contributed by atoms with E-state index in [1.165, 1.54) is 5.56 Å². The number of aliphatic imine (C=N–C) groups is 1. The number of likely N-dealkylation sites (N-methyl/N-ethyl adjacent to an activating group) is 1. The fraction of sp³-hybridized carbons (Fsp3) is 0.500. The zero-order valence-electron chi connectivity index (χ0n) is 15.6. The first-order valence-electron chi connectivity index (χ1n) is 8.92. The van der Waals surface area contributed by atoms with E-state index in [-0.39, 0.29) is 12.5 Å². The highest BCUT2D eigenvalue weighted by molar-refractivity contribution is 5.85. The van der Waals surface area contributed by atoms with Crippen LogP contribution in [0.25, 0.3) is 0 Å². The predicted molar refractivity (Wildman–Crippen MR) is 104 cm³/mol. The maximum atomic E-state index is 11.9. The Labute approximate surface area is 151 Å². The van der Waals surface area contributed by atoms with Crippen LogP contribution in [0.3, 0.4) is 0 Å². The van der Waals surface area contributed by atoms with E-state index in [9.17, 15) is 4.79 Å². The van der Waals surface area contributed by atoms with E-state index >= 15 is 0 Å². The normalized spacial score (nSPS) is 20.9. The molecule has 1 aliphatic heterocycles. The molecule has 1 amide bonds. The summed E-state index contributed by atoms with van der Waals surface area (Å²) in [5, 5.41) is 3.30. The molecule has 5 heteroatoms. The van der Waals surface area contributed by atoms with Crippen molar-refractivity contribution in [2.24, 2.45) is 10.9 Å². The molecule has 0 saturated carbocycles. The highest BCUT2D eigenvalue weighted by Crippen LogP contribution is 2.32. The lowest BCUT2D eigenvalue weighted by Crippen LogP contribution is -2.48. The molecular weight excluding hydrogens is 312 g/mol. The molecule has 0 aromatic heterocycles. The van der Waals surface area contributed by atoms with Crippen LogP contribution in [0, 0.1) is 5.92 Å². The maximum absolute atomic E-state index is 11.9. The zero-order valence-corrected chi connectivity index (χ0v) is 15.6. The van der Waals surface area contributed by atoms with Crippen molar-refractivity contribution in [3.05, 3.63) is 48.6 Å². The van der Waals surface area contributed by atoms with Crippen molar-refractivity contribution >= 4 is 11.9 Å². The van der Waals surface area contributed by atoms with Gasteiger partial charge in [-0.2, -0.15) is 0 Å². The summed E-state index contributed by atoms with van der Waals surface area (Å²) in [6.07, 6.45) is 2.89. The number of hydrogen-bond donors (Lipinski definition) is 1. The van der Waals surface area contributed by atoms with Crippen molar-refractivity contribution in [2.75, 3.05) is 40.3 Å². The van der Waals surface area contributed by atoms with Gasteiger partial charge in [-0.1, -0.05) is 43.3 Å². The molecule has 0 aliphatic carbocycles. The van der Waals surface area contributed by atoms with Crippen LogP contribution in [-0.4, -0.2) is 61.9 Å². The van der Waals surface area contributed by atoms with E-state index in [4.69, 9.17) is 0 Å². The summed E-state index contributed by atoms with van der Waals surface area (Å²) < 4.78 is 0. The summed E-state index contributed by atoms with van der Waals surface area (Å²) >= 11 is 0. The Bertz CT molecular complexity index is 597. The van der Waals surface area contributed by atoms with Gasteiger partial charge in [-0.3, -0.25) is 4.79 Å². The molecule has 0 spiro atoms. The van der Waals surface area contributed by atoms with Crippen molar-refractivity contribution in [3.8, 4) is 0 Å². The number of nitrogens with one attached hydrogen (secondary N) is 1. The predicted octanol–water partition coefficient (Wildman–Crippen LogP) is 2.33. The number of amides is 1. The third-order valence-electron chi connectivity index (χ3n) is 4.70. The molecule has 1 aromatic rings. The van der Waals surface area contributed by atoms with Gasteiger partial charge >= 0.3 is 0 Å². The van der Waals surface area contributed by atoms with Gasteiger partial charge in [0.05, 0.1) is 0 Å². The molecule has 5 nitrogen and oxygen atoms in total. The summed E-state index contributed by atoms with van der Waals surface area (Å²) in [7, 11) is 3.50. The summed E-state index contributed by atoms with van der Waals surface area (Å²) in [6, 6.07) is 10.7. The van der Waals surface area contributed by atoms with E-state index in [2.05, 4.69) is 59.0 Å². The van der Waals surface area contributed by atoms with Crippen LogP contribution in [0.5, 0.6) is 0 Å². The number of carbonyl (C=O) groups excluding carboxylic acids is 1. The van der Waals surface area contributed by atoms with Crippen molar-refractivity contribution in [1.82, 2.24) is 15.1 Å². The Hall–Kier alpha value is -2.30. The summed E-state index contributed by atoms with van der Waals surface area (Å²) in [4.78, 5) is 20.2. The van der Waals surface area contributed by atoms with Crippen LogP contribution in [0.4, 0.5) is 0 Å². The van der Waals surface area contributed by atoms with Gasteiger partial charge in [0.2, 0.25) is 5.91 Å². The third kappa shape index (κ3) is 5.34. The van der Waals surface area contributed by atoms with Crippen molar-refractivity contribution in [2.45, 2.75) is 19.3 Å². The fourth-order valence-corrected chi connectivity index (χ4v) is 3.25. The second-order valence-electron chi connectivity index (χ2n) is 6.83. The Morgan fingerprint density at radius 2 is 2.12 bits per heavy atom. The highest BCUT2D eigenvalue weighted by Gasteiger charge is 2.28. The number of likely N-dealkylation sites (tertiary alicyclic amines) is 1. The van der Waals surface area contributed by atoms with Gasteiger partial charge in [0.15, 0.2) is 5.96 Å². The standard InChI is InChI=1S/C20H30N4O/c1-5-12-21-20(22-14-19(25)23(3)4)24-13-11-18(16(2)15-24)17-9-7-6-8-10-17/h5-10,16,18H,1,11-15H2,2-4H3,(H,21,22). The largest absolute Gasteiger partial charge is 0.353 e. The molecule has 2 atom stereocenters. The van der Waals surface area contributed by atoms with E-state index in [0.29, 0.717) is 18.4 Å². The number of piperidine rings is 1. The molecule has 2 rings (SSSR count). The van der Waals surface area contributed by atoms with E-state index in [1.807, 2.05) is 6.08 Å². The minimum Gasteiger partial charge on any atom is -0.353 e. The molecule has 0 radical (unpaired) electrons. The average Bonchev–Trinajstić information content (AvgIpc) is 2.62. The molecule has 1 fully saturated rings. The van der Waals surface area contributed by atoms with Gasteiger partial charge in [-0.25, -0.2) is 4.99 Å². The Kier molecular flexibility index (Phi) is 7.04. The number of benzene rings is 1. The number of nitrogens with zero attached hydrogens (tertiary/aromatic N) is 3. The average molecular weight is 342 g/mol. The molecule has 136 valence electrons. The SMILES string of the molecule is C=CCNC(=NCC(=O)N(C)C)N1CCC(c2ccccc2)C(C)C1. The van der Waals surface area contributed by atoms with Gasteiger partial charge in [-0.15, -0.1) is 6.58 Å². The molecule has 1 aliphatic rings. The minimum absolute atomic E-state index is 0.00474. The number of guanidine groups is 1. The quantitative estimate of drug-likeness (QED) is 0.508. The summed E-state index contributed by atoms with van der Waals surface area (Å²) in [5.41, 5.74) is 1.41. The van der Waals surface area contributed by atoms with Crippen molar-refractivity contribution in [3.63, 3.8) is 0 Å². The van der Waals surface area contributed by atoms with Crippen LogP contribution >= 0.6 is 0 Å². The molecule has 1 saturated heterocycles. The van der Waals surface area contributed by atoms with Crippen LogP contribution in [-0.2, 0) is 4.79 Å². The molecule has 25 heavy (non-hydrogen) atoms. The molecule has 1 N–H and O–H groups in total. The van der Waals surface area contributed by atoms with Crippen LogP contribution < -0.4 is 5.32 Å². The lowest BCUT2D eigenvalue weighted by molar-refractivity contribution is -0.127. The molecule has 0 bridgehead atoms. The van der Waals surface area contributed by atoms with Crippen LogP contribution in [0.1, 0.15) is 24.8 Å². The summed E-state index contributed by atoms with van der Waals surface area (Å²) in [6.45, 7) is 8.72. The maximum Gasteiger partial charge on any atom is 0.243 e. The Morgan fingerprint density at radius 1 is 1.40 bits per heavy atom. The number of rotatable bonds is 5. The second-order valence-corrected chi connectivity index (χ2v) is 6.83. The Morgan fingerprint density at radius 3 is 2.72 bits per heavy atom. The lowest BCUT2D eigenvalue weighted by Gasteiger charge is -2.39. The smallest absolute Gasteiger partial charge is 0.243 e. The lowest BCUT2D eigenvalue weighted by atomic mass is 9.82. The number of hydrogen-bond acceptors (Lipinski definition) is 2. The van der Waals surface area contributed by atoms with Gasteiger partial charge in [0, 0.05) is 33.7 Å². The van der Waals surface area contributed by atoms with Crippen LogP contribution in [0.2, 0.25) is 0 Å². The van der Waals surface area contributed by atoms with Gasteiger partial charge in [0.1, 0.15) is 6.54 Å². The Balaban J connectivity index is 2.05. The van der Waals surface area contributed by atoms with E-state index < -0.39 is 0 Å². The fourth-order valence-electron chi connectivity index (χ4n) is 3.25.